The maximum atomic E-state index is 14.2. The number of alkyl halides is 13. The summed E-state index contributed by atoms with van der Waals surface area (Å²) in [7, 11) is 0. The highest BCUT2D eigenvalue weighted by molar-refractivity contribution is 5.88. The molecule has 0 bridgehead atoms. The fourth-order valence-electron chi connectivity index (χ4n) is 2.17. The molecule has 0 aromatic heterocycles. The molecule has 0 amide bonds. The third-order valence-electron chi connectivity index (χ3n) is 4.22. The van der Waals surface area contributed by atoms with E-state index in [1.807, 2.05) is 0 Å². The van der Waals surface area contributed by atoms with Gasteiger partial charge in [-0.05, 0) is 26.0 Å². The number of benzene rings is 1. The highest BCUT2D eigenvalue weighted by atomic mass is 19.4. The summed E-state index contributed by atoms with van der Waals surface area (Å²) in [6.45, 7) is 1.80. The highest BCUT2D eigenvalue weighted by Gasteiger charge is 2.91. The van der Waals surface area contributed by atoms with Gasteiger partial charge in [0.2, 0.25) is 11.5 Å². The number of ether oxygens (including phenoxy) is 1. The summed E-state index contributed by atoms with van der Waals surface area (Å²) >= 11 is 0. The molecule has 204 valence electrons. The Hall–Kier alpha value is -3.08. The van der Waals surface area contributed by atoms with E-state index in [1.165, 1.54) is 12.1 Å². The third-order valence-corrected chi connectivity index (χ3v) is 4.22. The van der Waals surface area contributed by atoms with Gasteiger partial charge in [-0.2, -0.15) is 62.2 Å². The van der Waals surface area contributed by atoms with E-state index >= 15 is 0 Å². The number of hydrogen-bond acceptors (Lipinski definition) is 5. The molecule has 1 rings (SSSR count). The van der Waals surface area contributed by atoms with Crippen LogP contribution in [0.4, 0.5) is 62.8 Å². The van der Waals surface area contributed by atoms with Gasteiger partial charge in [-0.15, -0.1) is 5.11 Å². The van der Waals surface area contributed by atoms with Crippen LogP contribution in [0.25, 0.3) is 0 Å². The summed E-state index contributed by atoms with van der Waals surface area (Å²) in [6, 6.07) is 4.79. The Labute approximate surface area is 192 Å². The number of aliphatic hydroxyl groups excluding tert-OH is 1. The van der Waals surface area contributed by atoms with Crippen molar-refractivity contribution in [2.24, 2.45) is 10.2 Å². The van der Waals surface area contributed by atoms with E-state index in [9.17, 15) is 67.0 Å². The number of carbonyl (C=O) groups is 1. The van der Waals surface area contributed by atoms with Crippen molar-refractivity contribution in [2.75, 3.05) is 6.61 Å². The number of aliphatic hydroxyl groups is 1. The normalized spacial score (nSPS) is 15.2. The first-order valence-corrected chi connectivity index (χ1v) is 9.05. The molecule has 1 N–H and O–H groups in total. The summed E-state index contributed by atoms with van der Waals surface area (Å²) in [6.07, 6.45) is -7.60. The number of aryl methyl sites for hydroxylation is 1. The van der Waals surface area contributed by atoms with Crippen LogP contribution in [0.15, 0.2) is 46.0 Å². The number of nitrogens with zero attached hydrogens (tertiary/aromatic N) is 2. The predicted molar refractivity (Wildman–Crippen MR) is 92.8 cm³/mol. The van der Waals surface area contributed by atoms with Gasteiger partial charge in [-0.25, -0.2) is 4.79 Å². The van der Waals surface area contributed by atoms with Crippen LogP contribution in [0, 0.1) is 6.92 Å². The molecule has 0 atom stereocenters. The van der Waals surface area contributed by atoms with Gasteiger partial charge in [0.1, 0.15) is 0 Å². The van der Waals surface area contributed by atoms with Crippen molar-refractivity contribution in [3.63, 3.8) is 0 Å². The van der Waals surface area contributed by atoms with Gasteiger partial charge in [-0.1, -0.05) is 17.7 Å². The first-order chi connectivity index (χ1) is 16.0. The number of allylic oxidation sites excluding steroid dienone is 1. The van der Waals surface area contributed by atoms with E-state index in [0.717, 1.165) is 19.1 Å². The van der Waals surface area contributed by atoms with Crippen LogP contribution in [-0.2, 0) is 9.53 Å². The molecule has 0 aliphatic rings. The first-order valence-electron chi connectivity index (χ1n) is 9.05. The number of azo groups is 1. The van der Waals surface area contributed by atoms with Crippen LogP contribution in [0.3, 0.4) is 0 Å². The van der Waals surface area contributed by atoms with Crippen LogP contribution < -0.4 is 0 Å². The van der Waals surface area contributed by atoms with Crippen molar-refractivity contribution >= 4 is 11.7 Å². The van der Waals surface area contributed by atoms with Crippen LogP contribution >= 0.6 is 0 Å². The van der Waals surface area contributed by atoms with Crippen molar-refractivity contribution in [2.45, 2.75) is 49.6 Å². The van der Waals surface area contributed by atoms with Gasteiger partial charge >= 0.3 is 41.8 Å². The Morgan fingerprint density at radius 3 is 1.67 bits per heavy atom. The smallest absolute Gasteiger partial charge is 0.460 e. The third kappa shape index (κ3) is 5.07. The maximum absolute atomic E-state index is 14.2. The van der Waals surface area contributed by atoms with E-state index in [0.29, 0.717) is 5.56 Å². The molecule has 1 aromatic rings. The van der Waals surface area contributed by atoms with E-state index in [-0.39, 0.29) is 5.69 Å². The molecule has 0 radical (unpaired) electrons. The number of esters is 1. The minimum absolute atomic E-state index is 0.327. The van der Waals surface area contributed by atoms with Crippen molar-refractivity contribution < 1.29 is 71.7 Å². The molecule has 0 unspecified atom stereocenters. The largest absolute Gasteiger partial charge is 0.504 e. The molecule has 5 nitrogen and oxygen atoms in total. The van der Waals surface area contributed by atoms with Crippen LogP contribution in [-0.4, -0.2) is 53.5 Å². The lowest BCUT2D eigenvalue weighted by molar-refractivity contribution is -0.438. The van der Waals surface area contributed by atoms with Crippen molar-refractivity contribution in [1.82, 2.24) is 0 Å². The second kappa shape index (κ2) is 9.76. The molecule has 0 saturated carbocycles. The van der Waals surface area contributed by atoms with Crippen LogP contribution in [0.1, 0.15) is 12.5 Å². The van der Waals surface area contributed by atoms with Crippen molar-refractivity contribution in [3.8, 4) is 0 Å². The fraction of sp³-hybridized carbons (Fsp3) is 0.500. The Kier molecular flexibility index (Phi) is 8.39. The summed E-state index contributed by atoms with van der Waals surface area (Å²) in [5, 5.41) is 15.2. The lowest BCUT2D eigenvalue weighted by Crippen LogP contribution is -2.70. The molecule has 0 aliphatic heterocycles. The van der Waals surface area contributed by atoms with Crippen molar-refractivity contribution in [1.29, 1.82) is 0 Å². The summed E-state index contributed by atoms with van der Waals surface area (Å²) in [5.41, 5.74) is -2.11. The molecule has 18 heteroatoms. The second-order valence-electron chi connectivity index (χ2n) is 6.82. The van der Waals surface area contributed by atoms with E-state index in [4.69, 9.17) is 0 Å². The maximum Gasteiger partial charge on any atom is 0.460 e. The molecule has 1 aromatic carbocycles. The molecule has 0 aliphatic carbocycles. The number of halogens is 13. The quantitative estimate of drug-likeness (QED) is 0.116. The van der Waals surface area contributed by atoms with Gasteiger partial charge in [0.25, 0.3) is 0 Å². The molecule has 0 heterocycles. The molecular formula is C18H13F13N2O3. The Bertz CT molecular complexity index is 1020. The second-order valence-corrected chi connectivity index (χ2v) is 6.82. The number of hydrogen-bond donors (Lipinski definition) is 1. The zero-order valence-corrected chi connectivity index (χ0v) is 17.6. The highest BCUT2D eigenvalue weighted by Crippen LogP contribution is 2.61. The number of rotatable bonds is 9. The topological polar surface area (TPSA) is 71.2 Å². The summed E-state index contributed by atoms with van der Waals surface area (Å²) < 4.78 is 177. The SMILES string of the molecule is CCOC(=O)/C(N=Nc1ccc(C)cc1)=C(/O)C(F)(F)C(F)(F)C(F)(F)C(F)(F)C(F)(F)C(F)(F)F. The molecular weight excluding hydrogens is 539 g/mol. The summed E-state index contributed by atoms with van der Waals surface area (Å²) in [5.74, 6) is -45.1. The minimum Gasteiger partial charge on any atom is -0.504 e. The number of carbonyl (C=O) groups excluding carboxylic acids is 1. The van der Waals surface area contributed by atoms with Gasteiger partial charge < -0.3 is 9.84 Å². The molecule has 0 fully saturated rings. The Morgan fingerprint density at radius 1 is 0.806 bits per heavy atom. The minimum atomic E-state index is -8.18. The monoisotopic (exact) mass is 552 g/mol. The average molecular weight is 552 g/mol. The van der Waals surface area contributed by atoms with Gasteiger partial charge in [0.05, 0.1) is 12.3 Å². The van der Waals surface area contributed by atoms with E-state index < -0.39 is 59.8 Å². The molecule has 0 saturated heterocycles. The van der Waals surface area contributed by atoms with Crippen LogP contribution in [0.2, 0.25) is 0 Å². The average Bonchev–Trinajstić information content (AvgIpc) is 2.73. The molecule has 0 spiro atoms. The lowest BCUT2D eigenvalue weighted by Gasteiger charge is -2.39. The zero-order valence-electron chi connectivity index (χ0n) is 17.6. The predicted octanol–water partition coefficient (Wildman–Crippen LogP) is 7.15. The first kappa shape index (κ1) is 31.0. The lowest BCUT2D eigenvalue weighted by atomic mass is 9.92. The fourth-order valence-corrected chi connectivity index (χ4v) is 2.17. The Morgan fingerprint density at radius 2 is 1.25 bits per heavy atom. The van der Waals surface area contributed by atoms with Gasteiger partial charge in [-0.3, -0.25) is 0 Å². The Balaban J connectivity index is 3.75. The zero-order chi connectivity index (χ0) is 28.5. The van der Waals surface area contributed by atoms with E-state index in [2.05, 4.69) is 15.0 Å². The van der Waals surface area contributed by atoms with Gasteiger partial charge in [0, 0.05) is 0 Å². The van der Waals surface area contributed by atoms with E-state index in [1.54, 1.807) is 6.92 Å². The summed E-state index contributed by atoms with van der Waals surface area (Å²) in [4.78, 5) is 11.8. The van der Waals surface area contributed by atoms with Gasteiger partial charge in [0.15, 0.2) is 0 Å². The van der Waals surface area contributed by atoms with Crippen LogP contribution in [0.5, 0.6) is 0 Å². The van der Waals surface area contributed by atoms with Crippen molar-refractivity contribution in [3.05, 3.63) is 41.3 Å². The molecule has 36 heavy (non-hydrogen) atoms. The standard InChI is InChI=1S/C18H13F13N2O3/c1-3-36-12(35)10(33-32-9-6-4-8(2)5-7-9)11(34)13(19,20)14(21,22)15(23,24)16(25,26)17(27,28)18(29,30)31/h4-7,34H,3H2,1-2H3/b11-10-,33-32?.